The number of nitrogens with one attached hydrogen (secondary N) is 1. The average molecular weight is 393 g/mol. The fourth-order valence-corrected chi connectivity index (χ4v) is 4.76. The molecule has 1 amide bonds. The smallest absolute Gasteiger partial charge is 0.261 e. The third kappa shape index (κ3) is 4.25. The van der Waals surface area contributed by atoms with Crippen molar-refractivity contribution in [3.63, 3.8) is 0 Å². The van der Waals surface area contributed by atoms with Crippen LogP contribution in [0.25, 0.3) is 0 Å². The maximum Gasteiger partial charge on any atom is 0.261 e. The first kappa shape index (κ1) is 18.7. The van der Waals surface area contributed by atoms with Crippen LogP contribution in [0, 0.1) is 5.92 Å². The number of benzene rings is 1. The summed E-state index contributed by atoms with van der Waals surface area (Å²) >= 11 is 1.64. The highest BCUT2D eigenvalue weighted by molar-refractivity contribution is 7.14. The first-order valence-electron chi connectivity index (χ1n) is 9.71. The summed E-state index contributed by atoms with van der Waals surface area (Å²) in [6.45, 7) is 3.33. The molecular formula is C23H24N2O2S. The van der Waals surface area contributed by atoms with Gasteiger partial charge in [0.1, 0.15) is 0 Å². The van der Waals surface area contributed by atoms with E-state index in [1.54, 1.807) is 34.2 Å². The minimum absolute atomic E-state index is 0.00645. The fraction of sp³-hybridized carbons (Fsp3) is 0.304. The maximum atomic E-state index is 12.5. The number of nitrogens with zero attached hydrogens (tertiary/aromatic N) is 1. The molecule has 2 aromatic heterocycles. The van der Waals surface area contributed by atoms with Gasteiger partial charge >= 0.3 is 0 Å². The SMILES string of the molecule is CC1CCc2sc(C(=O)NCc3ccc(Cn4ccccc4=O)cc3)cc2C1. The highest BCUT2D eigenvalue weighted by Gasteiger charge is 2.20. The van der Waals surface area contributed by atoms with Gasteiger partial charge in [0.25, 0.3) is 11.5 Å². The number of hydrogen-bond donors (Lipinski definition) is 1. The predicted octanol–water partition coefficient (Wildman–Crippen LogP) is 4.01. The van der Waals surface area contributed by atoms with E-state index < -0.39 is 0 Å². The molecule has 1 unspecified atom stereocenters. The predicted molar refractivity (Wildman–Crippen MR) is 113 cm³/mol. The second kappa shape index (κ2) is 8.15. The Labute approximate surface area is 168 Å². The zero-order valence-electron chi connectivity index (χ0n) is 16.0. The van der Waals surface area contributed by atoms with E-state index in [-0.39, 0.29) is 11.5 Å². The van der Waals surface area contributed by atoms with Crippen molar-refractivity contribution in [3.8, 4) is 0 Å². The molecule has 4 rings (SSSR count). The lowest BCUT2D eigenvalue weighted by atomic mass is 9.90. The van der Waals surface area contributed by atoms with E-state index in [1.165, 1.54) is 16.9 Å². The molecule has 0 saturated heterocycles. The lowest BCUT2D eigenvalue weighted by molar-refractivity contribution is 0.0955. The number of pyridine rings is 1. The highest BCUT2D eigenvalue weighted by Crippen LogP contribution is 2.32. The standard InChI is InChI=1S/C23H24N2O2S/c1-16-5-10-20-19(12-16)13-21(28-20)23(27)24-14-17-6-8-18(9-7-17)15-25-11-3-2-4-22(25)26/h2-4,6-9,11,13,16H,5,10,12,14-15H2,1H3,(H,24,27). The van der Waals surface area contributed by atoms with Gasteiger partial charge in [-0.1, -0.05) is 37.3 Å². The minimum atomic E-state index is -0.00752. The molecule has 3 aromatic rings. The number of aryl methyl sites for hydroxylation is 1. The zero-order chi connectivity index (χ0) is 19.5. The van der Waals surface area contributed by atoms with Crippen LogP contribution in [0.3, 0.4) is 0 Å². The number of carbonyl (C=O) groups excluding carboxylic acids is 1. The molecule has 0 radical (unpaired) electrons. The van der Waals surface area contributed by atoms with E-state index in [0.29, 0.717) is 19.0 Å². The van der Waals surface area contributed by atoms with Gasteiger partial charge < -0.3 is 9.88 Å². The van der Waals surface area contributed by atoms with Crippen LogP contribution < -0.4 is 10.9 Å². The molecule has 0 saturated carbocycles. The number of fused-ring (bicyclic) bond motifs is 1. The van der Waals surface area contributed by atoms with Crippen molar-refractivity contribution in [2.75, 3.05) is 0 Å². The van der Waals surface area contributed by atoms with Crippen LogP contribution in [0.1, 0.15) is 44.6 Å². The lowest BCUT2D eigenvalue weighted by Gasteiger charge is -2.16. The number of hydrogen-bond acceptors (Lipinski definition) is 3. The van der Waals surface area contributed by atoms with Crippen LogP contribution >= 0.6 is 11.3 Å². The Morgan fingerprint density at radius 1 is 1.18 bits per heavy atom. The molecule has 144 valence electrons. The van der Waals surface area contributed by atoms with Gasteiger partial charge in [-0.05, 0) is 54.0 Å². The van der Waals surface area contributed by atoms with E-state index in [9.17, 15) is 9.59 Å². The van der Waals surface area contributed by atoms with Gasteiger partial charge in [0.15, 0.2) is 0 Å². The molecule has 0 spiro atoms. The van der Waals surface area contributed by atoms with Crippen LogP contribution in [0.2, 0.25) is 0 Å². The molecule has 0 bridgehead atoms. The highest BCUT2D eigenvalue weighted by atomic mass is 32.1. The van der Waals surface area contributed by atoms with Crippen LogP contribution in [0.4, 0.5) is 0 Å². The van der Waals surface area contributed by atoms with E-state index in [2.05, 4.69) is 18.3 Å². The molecule has 0 aliphatic heterocycles. The largest absolute Gasteiger partial charge is 0.347 e. The van der Waals surface area contributed by atoms with Crippen molar-refractivity contribution in [2.45, 2.75) is 39.3 Å². The number of amides is 1. The fourth-order valence-electron chi connectivity index (χ4n) is 3.64. The summed E-state index contributed by atoms with van der Waals surface area (Å²) in [5.74, 6) is 0.718. The quantitative estimate of drug-likeness (QED) is 0.713. The van der Waals surface area contributed by atoms with Crippen molar-refractivity contribution < 1.29 is 4.79 Å². The minimum Gasteiger partial charge on any atom is -0.347 e. The van der Waals surface area contributed by atoms with Crippen molar-refractivity contribution in [1.82, 2.24) is 9.88 Å². The Bertz CT molecular complexity index is 1030. The van der Waals surface area contributed by atoms with Crippen molar-refractivity contribution in [1.29, 1.82) is 0 Å². The summed E-state index contributed by atoms with van der Waals surface area (Å²) in [4.78, 5) is 26.5. The van der Waals surface area contributed by atoms with Gasteiger partial charge in [-0.25, -0.2) is 0 Å². The molecule has 1 aliphatic carbocycles. The van der Waals surface area contributed by atoms with Crippen molar-refractivity contribution in [2.24, 2.45) is 5.92 Å². The Morgan fingerprint density at radius 3 is 2.75 bits per heavy atom. The third-order valence-electron chi connectivity index (χ3n) is 5.28. The van der Waals surface area contributed by atoms with Gasteiger partial charge in [0, 0.05) is 23.7 Å². The first-order valence-corrected chi connectivity index (χ1v) is 10.5. The van der Waals surface area contributed by atoms with Crippen LogP contribution in [0.15, 0.2) is 59.5 Å². The average Bonchev–Trinajstić information content (AvgIpc) is 3.12. The van der Waals surface area contributed by atoms with Gasteiger partial charge in [-0.2, -0.15) is 0 Å². The molecule has 5 heteroatoms. The summed E-state index contributed by atoms with van der Waals surface area (Å²) in [6.07, 6.45) is 5.19. The molecule has 1 N–H and O–H groups in total. The van der Waals surface area contributed by atoms with Gasteiger partial charge in [-0.15, -0.1) is 11.3 Å². The van der Waals surface area contributed by atoms with Crippen molar-refractivity contribution >= 4 is 17.2 Å². The van der Waals surface area contributed by atoms with Crippen LogP contribution in [-0.4, -0.2) is 10.5 Å². The summed E-state index contributed by atoms with van der Waals surface area (Å²) in [7, 11) is 0. The molecule has 2 heterocycles. The first-order chi connectivity index (χ1) is 13.6. The van der Waals surface area contributed by atoms with E-state index >= 15 is 0 Å². The molecule has 1 aromatic carbocycles. The molecule has 4 nitrogen and oxygen atoms in total. The van der Waals surface area contributed by atoms with Gasteiger partial charge in [0.2, 0.25) is 0 Å². The summed E-state index contributed by atoms with van der Waals surface area (Å²) in [6, 6.07) is 15.3. The topological polar surface area (TPSA) is 51.1 Å². The van der Waals surface area contributed by atoms with Crippen molar-refractivity contribution in [3.05, 3.63) is 91.5 Å². The Morgan fingerprint density at radius 2 is 1.96 bits per heavy atom. The second-order valence-corrected chi connectivity index (χ2v) is 8.71. The second-order valence-electron chi connectivity index (χ2n) is 7.57. The summed E-state index contributed by atoms with van der Waals surface area (Å²) < 4.78 is 1.68. The van der Waals surface area contributed by atoms with Gasteiger partial charge in [-0.3, -0.25) is 9.59 Å². The molecule has 28 heavy (non-hydrogen) atoms. The maximum absolute atomic E-state index is 12.5. The Hall–Kier alpha value is -2.66. The number of aromatic nitrogens is 1. The Kier molecular flexibility index (Phi) is 5.44. The normalized spacial score (nSPS) is 15.8. The van der Waals surface area contributed by atoms with E-state index in [0.717, 1.165) is 28.8 Å². The van der Waals surface area contributed by atoms with E-state index in [1.807, 2.05) is 30.3 Å². The molecular weight excluding hydrogens is 368 g/mol. The van der Waals surface area contributed by atoms with Gasteiger partial charge in [0.05, 0.1) is 11.4 Å². The third-order valence-corrected chi connectivity index (χ3v) is 6.52. The molecule has 0 fully saturated rings. The Balaban J connectivity index is 1.35. The number of thiophene rings is 1. The number of carbonyl (C=O) groups is 1. The molecule has 1 aliphatic rings. The van der Waals surface area contributed by atoms with Crippen LogP contribution in [-0.2, 0) is 25.9 Å². The number of rotatable bonds is 5. The van der Waals surface area contributed by atoms with E-state index in [4.69, 9.17) is 0 Å². The summed E-state index contributed by atoms with van der Waals surface area (Å²) in [5, 5.41) is 3.03. The zero-order valence-corrected chi connectivity index (χ0v) is 16.8. The summed E-state index contributed by atoms with van der Waals surface area (Å²) in [5.41, 5.74) is 3.46. The lowest BCUT2D eigenvalue weighted by Crippen LogP contribution is -2.22. The molecule has 1 atom stereocenters. The van der Waals surface area contributed by atoms with Crippen LogP contribution in [0.5, 0.6) is 0 Å². The monoisotopic (exact) mass is 392 g/mol.